The van der Waals surface area contributed by atoms with E-state index in [2.05, 4.69) is 24.0 Å². The molecule has 1 heterocycles. The van der Waals surface area contributed by atoms with Gasteiger partial charge in [-0.1, -0.05) is 31.2 Å². The lowest BCUT2D eigenvalue weighted by Crippen LogP contribution is -2.06. The molecule has 0 aliphatic heterocycles. The first-order chi connectivity index (χ1) is 9.22. The molecule has 2 N–H and O–H groups in total. The molecule has 0 amide bonds. The van der Waals surface area contributed by atoms with Crippen molar-refractivity contribution in [2.45, 2.75) is 26.3 Å². The summed E-state index contributed by atoms with van der Waals surface area (Å²) >= 11 is 0. The second-order valence-corrected chi connectivity index (χ2v) is 4.63. The van der Waals surface area contributed by atoms with E-state index < -0.39 is 0 Å². The summed E-state index contributed by atoms with van der Waals surface area (Å²) < 4.78 is 5.62. The van der Waals surface area contributed by atoms with Crippen molar-refractivity contribution in [2.75, 3.05) is 6.61 Å². The number of rotatable bonds is 5. The zero-order chi connectivity index (χ0) is 13.7. The molecule has 1 aromatic heterocycles. The van der Waals surface area contributed by atoms with E-state index >= 15 is 0 Å². The molecule has 0 fully saturated rings. The van der Waals surface area contributed by atoms with Gasteiger partial charge in [-0.25, -0.2) is 0 Å². The summed E-state index contributed by atoms with van der Waals surface area (Å²) in [6.07, 6.45) is 4.58. The first-order valence-corrected chi connectivity index (χ1v) is 6.65. The Kier molecular flexibility index (Phi) is 4.53. The van der Waals surface area contributed by atoms with Gasteiger partial charge in [0.25, 0.3) is 0 Å². The van der Waals surface area contributed by atoms with Crippen molar-refractivity contribution in [3.05, 3.63) is 48.3 Å². The van der Waals surface area contributed by atoms with E-state index in [1.807, 2.05) is 31.3 Å². The van der Waals surface area contributed by atoms with Gasteiger partial charge in [-0.05, 0) is 30.5 Å². The monoisotopic (exact) mass is 256 g/mol. The number of hydrogen-bond acceptors (Lipinski definition) is 3. The van der Waals surface area contributed by atoms with Crippen LogP contribution in [-0.2, 0) is 0 Å². The van der Waals surface area contributed by atoms with Crippen LogP contribution in [0.4, 0.5) is 0 Å². The minimum atomic E-state index is -0.00332. The highest BCUT2D eigenvalue weighted by Crippen LogP contribution is 2.28. The molecule has 0 aliphatic carbocycles. The summed E-state index contributed by atoms with van der Waals surface area (Å²) in [4.78, 5) is 4.25. The molecule has 1 unspecified atom stereocenters. The average molecular weight is 256 g/mol. The van der Waals surface area contributed by atoms with E-state index in [4.69, 9.17) is 10.5 Å². The van der Waals surface area contributed by atoms with E-state index in [1.165, 1.54) is 0 Å². The fourth-order valence-corrected chi connectivity index (χ4v) is 2.02. The van der Waals surface area contributed by atoms with E-state index in [0.717, 1.165) is 28.9 Å². The SMILES string of the molecule is CCCOc1cncc(-c2ccccc2C(C)N)c1. The highest BCUT2D eigenvalue weighted by atomic mass is 16.5. The van der Waals surface area contributed by atoms with Gasteiger partial charge in [0.2, 0.25) is 0 Å². The molecular formula is C16H20N2O. The summed E-state index contributed by atoms with van der Waals surface area (Å²) in [5, 5.41) is 0. The number of benzene rings is 1. The molecule has 1 aromatic carbocycles. The molecule has 0 spiro atoms. The van der Waals surface area contributed by atoms with Crippen LogP contribution in [0.5, 0.6) is 5.75 Å². The lowest BCUT2D eigenvalue weighted by molar-refractivity contribution is 0.316. The summed E-state index contributed by atoms with van der Waals surface area (Å²) in [6, 6.07) is 10.2. The molecule has 0 aliphatic rings. The van der Waals surface area contributed by atoms with Crippen molar-refractivity contribution < 1.29 is 4.74 Å². The Balaban J connectivity index is 2.36. The molecular weight excluding hydrogens is 236 g/mol. The topological polar surface area (TPSA) is 48.1 Å². The third-order valence-electron chi connectivity index (χ3n) is 2.95. The largest absolute Gasteiger partial charge is 0.492 e. The predicted molar refractivity (Wildman–Crippen MR) is 78.1 cm³/mol. The molecule has 19 heavy (non-hydrogen) atoms. The smallest absolute Gasteiger partial charge is 0.138 e. The van der Waals surface area contributed by atoms with Crippen molar-refractivity contribution in [3.8, 4) is 16.9 Å². The van der Waals surface area contributed by atoms with Gasteiger partial charge in [0.05, 0.1) is 12.8 Å². The molecule has 3 heteroatoms. The Morgan fingerprint density at radius 3 is 2.79 bits per heavy atom. The Labute approximate surface area is 114 Å². The van der Waals surface area contributed by atoms with Gasteiger partial charge in [0.1, 0.15) is 5.75 Å². The number of pyridine rings is 1. The molecule has 0 saturated heterocycles. The van der Waals surface area contributed by atoms with Crippen molar-refractivity contribution in [3.63, 3.8) is 0 Å². The van der Waals surface area contributed by atoms with Crippen LogP contribution in [-0.4, -0.2) is 11.6 Å². The Morgan fingerprint density at radius 2 is 2.05 bits per heavy atom. The first kappa shape index (κ1) is 13.6. The minimum Gasteiger partial charge on any atom is -0.492 e. The van der Waals surface area contributed by atoms with Crippen molar-refractivity contribution in [1.82, 2.24) is 4.98 Å². The van der Waals surface area contributed by atoms with Crippen LogP contribution in [0, 0.1) is 0 Å². The standard InChI is InChI=1S/C16H20N2O/c1-3-8-19-14-9-13(10-18-11-14)16-7-5-4-6-15(16)12(2)17/h4-7,9-12H,3,8,17H2,1-2H3. The van der Waals surface area contributed by atoms with E-state index in [9.17, 15) is 0 Å². The van der Waals surface area contributed by atoms with Gasteiger partial charge in [-0.2, -0.15) is 0 Å². The fraction of sp³-hybridized carbons (Fsp3) is 0.312. The summed E-state index contributed by atoms with van der Waals surface area (Å²) in [5.74, 6) is 0.804. The van der Waals surface area contributed by atoms with Gasteiger partial charge in [-0.3, -0.25) is 4.98 Å². The highest BCUT2D eigenvalue weighted by Gasteiger charge is 2.09. The van der Waals surface area contributed by atoms with Gasteiger partial charge in [0.15, 0.2) is 0 Å². The fourth-order valence-electron chi connectivity index (χ4n) is 2.02. The van der Waals surface area contributed by atoms with Crippen LogP contribution in [0.2, 0.25) is 0 Å². The predicted octanol–water partition coefficient (Wildman–Crippen LogP) is 3.56. The number of nitrogens with two attached hydrogens (primary N) is 1. The first-order valence-electron chi connectivity index (χ1n) is 6.65. The number of aromatic nitrogens is 1. The van der Waals surface area contributed by atoms with Gasteiger partial charge < -0.3 is 10.5 Å². The zero-order valence-corrected chi connectivity index (χ0v) is 11.5. The summed E-state index contributed by atoms with van der Waals surface area (Å²) in [5.41, 5.74) is 9.30. The number of hydrogen-bond donors (Lipinski definition) is 1. The lowest BCUT2D eigenvalue weighted by Gasteiger charge is -2.13. The lowest BCUT2D eigenvalue weighted by atomic mass is 9.97. The average Bonchev–Trinajstić information content (AvgIpc) is 2.45. The Morgan fingerprint density at radius 1 is 1.26 bits per heavy atom. The Bertz CT molecular complexity index is 538. The maximum atomic E-state index is 6.02. The van der Waals surface area contributed by atoms with Crippen LogP contribution in [0.3, 0.4) is 0 Å². The third-order valence-corrected chi connectivity index (χ3v) is 2.95. The molecule has 3 nitrogen and oxygen atoms in total. The van der Waals surface area contributed by atoms with Crippen LogP contribution in [0.1, 0.15) is 31.9 Å². The normalized spacial score (nSPS) is 12.2. The van der Waals surface area contributed by atoms with Gasteiger partial charge in [-0.15, -0.1) is 0 Å². The molecule has 2 rings (SSSR count). The third kappa shape index (κ3) is 3.32. The van der Waals surface area contributed by atoms with Crippen molar-refractivity contribution >= 4 is 0 Å². The maximum Gasteiger partial charge on any atom is 0.138 e. The quantitative estimate of drug-likeness (QED) is 0.889. The summed E-state index contributed by atoms with van der Waals surface area (Å²) in [6.45, 7) is 4.78. The molecule has 0 bridgehead atoms. The second kappa shape index (κ2) is 6.34. The summed E-state index contributed by atoms with van der Waals surface area (Å²) in [7, 11) is 0. The van der Waals surface area contributed by atoms with Crippen LogP contribution in [0.25, 0.3) is 11.1 Å². The Hall–Kier alpha value is -1.87. The molecule has 100 valence electrons. The van der Waals surface area contributed by atoms with E-state index in [-0.39, 0.29) is 6.04 Å². The molecule has 1 atom stereocenters. The maximum absolute atomic E-state index is 6.02. The number of nitrogens with zero attached hydrogens (tertiary/aromatic N) is 1. The van der Waals surface area contributed by atoms with Crippen LogP contribution < -0.4 is 10.5 Å². The van der Waals surface area contributed by atoms with Crippen molar-refractivity contribution in [1.29, 1.82) is 0 Å². The zero-order valence-electron chi connectivity index (χ0n) is 11.5. The number of ether oxygens (including phenoxy) is 1. The second-order valence-electron chi connectivity index (χ2n) is 4.63. The van der Waals surface area contributed by atoms with Crippen LogP contribution in [0.15, 0.2) is 42.7 Å². The molecule has 0 saturated carbocycles. The van der Waals surface area contributed by atoms with Gasteiger partial charge >= 0.3 is 0 Å². The highest BCUT2D eigenvalue weighted by molar-refractivity contribution is 5.68. The van der Waals surface area contributed by atoms with Crippen molar-refractivity contribution in [2.24, 2.45) is 5.73 Å². The minimum absolute atomic E-state index is 0.00332. The molecule has 0 radical (unpaired) electrons. The molecule has 2 aromatic rings. The van der Waals surface area contributed by atoms with E-state index in [0.29, 0.717) is 6.61 Å². The van der Waals surface area contributed by atoms with Crippen LogP contribution >= 0.6 is 0 Å². The van der Waals surface area contributed by atoms with E-state index in [1.54, 1.807) is 6.20 Å². The van der Waals surface area contributed by atoms with Gasteiger partial charge in [0, 0.05) is 17.8 Å².